The highest BCUT2D eigenvalue weighted by Crippen LogP contribution is 2.23. The standard InChI is InChI=1S/C17H17NO5/c1-2-22-17(21)23-14-7-5-13(6-8-14)15(16(19)20)10-12-4-3-9-18-11-12/h3-9,11,15H,2,10H2,1H3,(H,19,20). The van der Waals surface area contributed by atoms with E-state index in [2.05, 4.69) is 9.72 Å². The fourth-order valence-corrected chi connectivity index (χ4v) is 2.11. The number of carboxylic acid groups (broad SMARTS) is 1. The Kier molecular flexibility index (Phi) is 5.68. The minimum atomic E-state index is -0.923. The molecule has 0 spiro atoms. The van der Waals surface area contributed by atoms with Crippen LogP contribution in [0.4, 0.5) is 4.79 Å². The number of carboxylic acids is 1. The fraction of sp³-hybridized carbons (Fsp3) is 0.235. The quantitative estimate of drug-likeness (QED) is 0.651. The van der Waals surface area contributed by atoms with Crippen molar-refractivity contribution in [2.45, 2.75) is 19.3 Å². The highest BCUT2D eigenvalue weighted by atomic mass is 16.7. The van der Waals surface area contributed by atoms with E-state index in [1.807, 2.05) is 6.07 Å². The number of rotatable bonds is 6. The minimum Gasteiger partial charge on any atom is -0.481 e. The molecule has 6 nitrogen and oxygen atoms in total. The summed E-state index contributed by atoms with van der Waals surface area (Å²) >= 11 is 0. The zero-order chi connectivity index (χ0) is 16.7. The van der Waals surface area contributed by atoms with E-state index in [0.717, 1.165) is 5.56 Å². The van der Waals surface area contributed by atoms with Gasteiger partial charge in [-0.15, -0.1) is 0 Å². The van der Waals surface area contributed by atoms with E-state index in [4.69, 9.17) is 4.74 Å². The molecule has 1 aromatic carbocycles. The summed E-state index contributed by atoms with van der Waals surface area (Å²) in [7, 11) is 0. The number of aromatic nitrogens is 1. The summed E-state index contributed by atoms with van der Waals surface area (Å²) < 4.78 is 9.63. The number of ether oxygens (including phenoxy) is 2. The number of carbonyl (C=O) groups is 2. The topological polar surface area (TPSA) is 85.7 Å². The van der Waals surface area contributed by atoms with E-state index in [-0.39, 0.29) is 6.61 Å². The molecule has 23 heavy (non-hydrogen) atoms. The Balaban J connectivity index is 2.11. The summed E-state index contributed by atoms with van der Waals surface area (Å²) in [6.45, 7) is 1.91. The van der Waals surface area contributed by atoms with E-state index in [9.17, 15) is 14.7 Å². The van der Waals surface area contributed by atoms with Gasteiger partial charge in [-0.25, -0.2) is 4.79 Å². The van der Waals surface area contributed by atoms with Crippen LogP contribution in [0.5, 0.6) is 5.75 Å². The van der Waals surface area contributed by atoms with Crippen molar-refractivity contribution in [1.82, 2.24) is 4.98 Å². The third-order valence-corrected chi connectivity index (χ3v) is 3.21. The van der Waals surface area contributed by atoms with Crippen LogP contribution in [0.3, 0.4) is 0 Å². The van der Waals surface area contributed by atoms with Crippen LogP contribution in [-0.4, -0.2) is 28.8 Å². The molecular weight excluding hydrogens is 298 g/mol. The molecule has 1 N–H and O–H groups in total. The van der Waals surface area contributed by atoms with E-state index in [1.165, 1.54) is 0 Å². The first-order valence-corrected chi connectivity index (χ1v) is 7.16. The highest BCUT2D eigenvalue weighted by molar-refractivity contribution is 5.76. The van der Waals surface area contributed by atoms with E-state index in [0.29, 0.717) is 17.7 Å². The minimum absolute atomic E-state index is 0.225. The van der Waals surface area contributed by atoms with Gasteiger partial charge in [-0.05, 0) is 42.7 Å². The second-order valence-electron chi connectivity index (χ2n) is 4.81. The van der Waals surface area contributed by atoms with Gasteiger partial charge in [0.15, 0.2) is 0 Å². The first-order valence-electron chi connectivity index (χ1n) is 7.16. The molecule has 6 heteroatoms. The molecule has 0 fully saturated rings. The van der Waals surface area contributed by atoms with Crippen LogP contribution in [0.2, 0.25) is 0 Å². The monoisotopic (exact) mass is 315 g/mol. The molecule has 0 aliphatic rings. The maximum Gasteiger partial charge on any atom is 0.513 e. The average molecular weight is 315 g/mol. The maximum atomic E-state index is 11.5. The van der Waals surface area contributed by atoms with Crippen LogP contribution in [0, 0.1) is 0 Å². The number of aliphatic carboxylic acids is 1. The van der Waals surface area contributed by atoms with Crippen LogP contribution in [0.25, 0.3) is 0 Å². The second kappa shape index (κ2) is 7.93. The van der Waals surface area contributed by atoms with Crippen LogP contribution >= 0.6 is 0 Å². The number of carbonyl (C=O) groups excluding carboxylic acids is 1. The van der Waals surface area contributed by atoms with Crippen molar-refractivity contribution in [2.75, 3.05) is 6.61 Å². The van der Waals surface area contributed by atoms with Crippen molar-refractivity contribution in [2.24, 2.45) is 0 Å². The molecule has 1 heterocycles. The molecule has 0 bridgehead atoms. The maximum absolute atomic E-state index is 11.5. The predicted octanol–water partition coefficient (Wildman–Crippen LogP) is 3.03. The largest absolute Gasteiger partial charge is 0.513 e. The molecule has 2 aromatic rings. The lowest BCUT2D eigenvalue weighted by atomic mass is 9.93. The summed E-state index contributed by atoms with van der Waals surface area (Å²) in [6, 6.07) is 9.95. The summed E-state index contributed by atoms with van der Waals surface area (Å²) in [5.74, 6) is -1.32. The average Bonchev–Trinajstić information content (AvgIpc) is 2.54. The van der Waals surface area contributed by atoms with Crippen LogP contribution in [0.15, 0.2) is 48.8 Å². The zero-order valence-electron chi connectivity index (χ0n) is 12.6. The van der Waals surface area contributed by atoms with Gasteiger partial charge in [0.25, 0.3) is 0 Å². The lowest BCUT2D eigenvalue weighted by Gasteiger charge is -2.13. The number of hydrogen-bond acceptors (Lipinski definition) is 5. The molecule has 120 valence electrons. The molecule has 1 aromatic heterocycles. The molecule has 2 rings (SSSR count). The molecule has 0 aliphatic carbocycles. The van der Waals surface area contributed by atoms with E-state index in [1.54, 1.807) is 49.6 Å². The van der Waals surface area contributed by atoms with Gasteiger partial charge in [0, 0.05) is 12.4 Å². The van der Waals surface area contributed by atoms with Gasteiger partial charge in [0.05, 0.1) is 12.5 Å². The van der Waals surface area contributed by atoms with Gasteiger partial charge < -0.3 is 14.6 Å². The lowest BCUT2D eigenvalue weighted by molar-refractivity contribution is -0.138. The number of pyridine rings is 1. The van der Waals surface area contributed by atoms with Crippen molar-refractivity contribution in [1.29, 1.82) is 0 Å². The van der Waals surface area contributed by atoms with Gasteiger partial charge in [-0.2, -0.15) is 0 Å². The van der Waals surface area contributed by atoms with Gasteiger partial charge >= 0.3 is 12.1 Å². The Morgan fingerprint density at radius 3 is 2.52 bits per heavy atom. The number of benzene rings is 1. The zero-order valence-corrected chi connectivity index (χ0v) is 12.6. The molecule has 1 atom stereocenters. The predicted molar refractivity (Wildman–Crippen MR) is 82.4 cm³/mol. The van der Waals surface area contributed by atoms with Crippen LogP contribution in [0.1, 0.15) is 24.0 Å². The third-order valence-electron chi connectivity index (χ3n) is 3.21. The van der Waals surface area contributed by atoms with E-state index < -0.39 is 18.0 Å². The Hall–Kier alpha value is -2.89. The molecule has 0 radical (unpaired) electrons. The van der Waals surface area contributed by atoms with Gasteiger partial charge in [-0.1, -0.05) is 18.2 Å². The molecule has 0 saturated carbocycles. The first kappa shape index (κ1) is 16.5. The van der Waals surface area contributed by atoms with Crippen molar-refractivity contribution < 1.29 is 24.2 Å². The molecule has 0 aliphatic heterocycles. The summed E-state index contributed by atoms with van der Waals surface area (Å²) in [6.07, 6.45) is 2.83. The Morgan fingerprint density at radius 1 is 1.22 bits per heavy atom. The normalized spacial score (nSPS) is 11.5. The van der Waals surface area contributed by atoms with Crippen molar-refractivity contribution in [3.63, 3.8) is 0 Å². The van der Waals surface area contributed by atoms with Crippen LogP contribution in [-0.2, 0) is 16.0 Å². The summed E-state index contributed by atoms with van der Waals surface area (Å²) in [4.78, 5) is 26.8. The Labute approximate surface area is 133 Å². The van der Waals surface area contributed by atoms with Crippen molar-refractivity contribution in [3.8, 4) is 5.75 Å². The molecular formula is C17H17NO5. The van der Waals surface area contributed by atoms with Gasteiger partial charge in [-0.3, -0.25) is 9.78 Å². The van der Waals surface area contributed by atoms with Gasteiger partial charge in [0.1, 0.15) is 5.75 Å². The highest BCUT2D eigenvalue weighted by Gasteiger charge is 2.20. The number of nitrogens with zero attached hydrogens (tertiary/aromatic N) is 1. The summed E-state index contributed by atoms with van der Waals surface area (Å²) in [5.41, 5.74) is 1.46. The Bertz CT molecular complexity index is 654. The fourth-order valence-electron chi connectivity index (χ4n) is 2.11. The Morgan fingerprint density at radius 2 is 1.96 bits per heavy atom. The summed E-state index contributed by atoms with van der Waals surface area (Å²) in [5, 5.41) is 9.45. The lowest BCUT2D eigenvalue weighted by Crippen LogP contribution is -2.15. The third kappa shape index (κ3) is 4.81. The first-order chi connectivity index (χ1) is 11.1. The van der Waals surface area contributed by atoms with Crippen molar-refractivity contribution in [3.05, 3.63) is 59.9 Å². The SMILES string of the molecule is CCOC(=O)Oc1ccc(C(Cc2cccnc2)C(=O)O)cc1. The molecule has 1 unspecified atom stereocenters. The molecule has 0 amide bonds. The van der Waals surface area contributed by atoms with E-state index >= 15 is 0 Å². The second-order valence-corrected chi connectivity index (χ2v) is 4.81. The van der Waals surface area contributed by atoms with Gasteiger partial charge in [0.2, 0.25) is 0 Å². The smallest absolute Gasteiger partial charge is 0.481 e. The van der Waals surface area contributed by atoms with Crippen molar-refractivity contribution >= 4 is 12.1 Å². The molecule has 0 saturated heterocycles. The van der Waals surface area contributed by atoms with Crippen LogP contribution < -0.4 is 4.74 Å². The number of hydrogen-bond donors (Lipinski definition) is 1.